The zero-order valence-electron chi connectivity index (χ0n) is 21.7. The van der Waals surface area contributed by atoms with Gasteiger partial charge in [-0.15, -0.1) is 0 Å². The molecule has 7 heteroatoms. The summed E-state index contributed by atoms with van der Waals surface area (Å²) in [5.74, 6) is 0.636. The summed E-state index contributed by atoms with van der Waals surface area (Å²) in [4.78, 5) is 33.3. The number of urea groups is 1. The predicted octanol–water partition coefficient (Wildman–Crippen LogP) is 4.97. The number of hydrogen-bond acceptors (Lipinski definition) is 3. The second-order valence-corrected chi connectivity index (χ2v) is 10.1. The lowest BCUT2D eigenvalue weighted by atomic mass is 10.1. The van der Waals surface area contributed by atoms with Gasteiger partial charge >= 0.3 is 6.03 Å². The Bertz CT molecular complexity index is 1150. The van der Waals surface area contributed by atoms with Crippen molar-refractivity contribution in [3.05, 3.63) is 65.9 Å². The Morgan fingerprint density at radius 3 is 2.40 bits per heavy atom. The van der Waals surface area contributed by atoms with Gasteiger partial charge in [0, 0.05) is 47.3 Å². The van der Waals surface area contributed by atoms with Crippen LogP contribution in [0.4, 0.5) is 4.79 Å². The van der Waals surface area contributed by atoms with Crippen molar-refractivity contribution in [2.24, 2.45) is 0 Å². The smallest absolute Gasteiger partial charge is 0.318 e. The van der Waals surface area contributed by atoms with Crippen LogP contribution in [0.2, 0.25) is 0 Å². The normalized spacial score (nSPS) is 11.5. The molecule has 0 spiro atoms. The molecule has 0 aliphatic rings. The predicted molar refractivity (Wildman–Crippen MR) is 141 cm³/mol. The number of ether oxygens (including phenoxy) is 1. The van der Waals surface area contributed by atoms with Gasteiger partial charge in [-0.1, -0.05) is 36.4 Å². The first-order valence-corrected chi connectivity index (χ1v) is 12.1. The molecule has 0 saturated carbocycles. The summed E-state index contributed by atoms with van der Waals surface area (Å²) >= 11 is 0. The van der Waals surface area contributed by atoms with Crippen LogP contribution in [0.1, 0.15) is 45.7 Å². The number of aromatic nitrogens is 1. The molecular formula is C28H38N4O3. The lowest BCUT2D eigenvalue weighted by Gasteiger charge is -2.33. The first-order valence-electron chi connectivity index (χ1n) is 12.1. The second-order valence-electron chi connectivity index (χ2n) is 10.1. The summed E-state index contributed by atoms with van der Waals surface area (Å²) in [6, 6.07) is 15.5. The maximum Gasteiger partial charge on any atom is 0.318 e. The third-order valence-electron chi connectivity index (χ3n) is 5.90. The molecule has 0 bridgehead atoms. The zero-order chi connectivity index (χ0) is 25.6. The Hall–Kier alpha value is -3.48. The fraction of sp³-hybridized carbons (Fsp3) is 0.429. The molecule has 0 saturated heterocycles. The summed E-state index contributed by atoms with van der Waals surface area (Å²) in [6.45, 7) is 10.6. The molecular weight excluding hydrogens is 440 g/mol. The second kappa shape index (κ2) is 11.3. The van der Waals surface area contributed by atoms with E-state index in [0.717, 1.165) is 27.8 Å². The molecule has 0 fully saturated rings. The standard InChI is InChI=1S/C28H38N4O3/c1-20(2)32(27(34)30-28(3,4)5)19-26(33)31(18-22-11-7-10-14-25(22)35-6)16-15-21-17-29-24-13-9-8-12-23(21)24/h7-14,17,20,29H,15-16,18-19H2,1-6H3,(H,30,34). The Balaban J connectivity index is 1.83. The molecule has 0 atom stereocenters. The number of nitrogens with one attached hydrogen (secondary N) is 2. The van der Waals surface area contributed by atoms with Gasteiger partial charge in [0.25, 0.3) is 0 Å². The SMILES string of the molecule is COc1ccccc1CN(CCc1c[nH]c2ccccc12)C(=O)CN(C(=O)NC(C)(C)C)C(C)C. The van der Waals surface area contributed by atoms with E-state index in [2.05, 4.69) is 16.4 Å². The van der Waals surface area contributed by atoms with E-state index >= 15 is 0 Å². The van der Waals surface area contributed by atoms with E-state index in [9.17, 15) is 9.59 Å². The van der Waals surface area contributed by atoms with Crippen LogP contribution >= 0.6 is 0 Å². The molecule has 3 amide bonds. The number of carbonyl (C=O) groups excluding carboxylic acids is 2. The van der Waals surface area contributed by atoms with Crippen LogP contribution in [0.3, 0.4) is 0 Å². The number of methoxy groups -OCH3 is 1. The van der Waals surface area contributed by atoms with Crippen LogP contribution in [-0.2, 0) is 17.8 Å². The van der Waals surface area contributed by atoms with Crippen LogP contribution in [0, 0.1) is 0 Å². The van der Waals surface area contributed by atoms with E-state index < -0.39 is 0 Å². The molecule has 7 nitrogen and oxygen atoms in total. The van der Waals surface area contributed by atoms with Crippen molar-refractivity contribution in [3.8, 4) is 5.75 Å². The van der Waals surface area contributed by atoms with E-state index in [1.54, 1.807) is 12.0 Å². The van der Waals surface area contributed by atoms with Gasteiger partial charge in [0.05, 0.1) is 7.11 Å². The molecule has 35 heavy (non-hydrogen) atoms. The highest BCUT2D eigenvalue weighted by atomic mass is 16.5. The zero-order valence-corrected chi connectivity index (χ0v) is 21.7. The number of H-pyrrole nitrogens is 1. The topological polar surface area (TPSA) is 77.7 Å². The number of amides is 3. The van der Waals surface area contributed by atoms with Crippen LogP contribution < -0.4 is 10.1 Å². The maximum atomic E-state index is 13.6. The lowest BCUT2D eigenvalue weighted by molar-refractivity contribution is -0.132. The van der Waals surface area contributed by atoms with Crippen LogP contribution in [0.15, 0.2) is 54.7 Å². The highest BCUT2D eigenvalue weighted by Crippen LogP contribution is 2.22. The monoisotopic (exact) mass is 478 g/mol. The summed E-state index contributed by atoms with van der Waals surface area (Å²) < 4.78 is 5.53. The van der Waals surface area contributed by atoms with Crippen molar-refractivity contribution in [2.75, 3.05) is 20.2 Å². The third kappa shape index (κ3) is 7.01. The highest BCUT2D eigenvalue weighted by molar-refractivity contribution is 5.85. The van der Waals surface area contributed by atoms with Gasteiger partial charge in [-0.3, -0.25) is 4.79 Å². The van der Waals surface area contributed by atoms with E-state index in [1.165, 1.54) is 0 Å². The molecule has 1 heterocycles. The summed E-state index contributed by atoms with van der Waals surface area (Å²) in [7, 11) is 1.63. The third-order valence-corrected chi connectivity index (χ3v) is 5.90. The Morgan fingerprint density at radius 1 is 1.03 bits per heavy atom. The number of carbonyl (C=O) groups is 2. The summed E-state index contributed by atoms with van der Waals surface area (Å²) in [6.07, 6.45) is 2.70. The van der Waals surface area contributed by atoms with Crippen molar-refractivity contribution in [3.63, 3.8) is 0 Å². The quantitative estimate of drug-likeness (QED) is 0.456. The molecule has 3 aromatic rings. The molecule has 0 aliphatic carbocycles. The number of benzene rings is 2. The highest BCUT2D eigenvalue weighted by Gasteiger charge is 2.26. The van der Waals surface area contributed by atoms with Gasteiger partial charge < -0.3 is 24.8 Å². The van der Waals surface area contributed by atoms with Gasteiger partial charge in [-0.25, -0.2) is 4.79 Å². The van der Waals surface area contributed by atoms with Gasteiger partial charge in [0.2, 0.25) is 5.91 Å². The largest absolute Gasteiger partial charge is 0.496 e. The van der Waals surface area contributed by atoms with Crippen LogP contribution in [0.25, 0.3) is 10.9 Å². The first kappa shape index (κ1) is 26.1. The molecule has 2 aromatic carbocycles. The minimum Gasteiger partial charge on any atom is -0.496 e. The maximum absolute atomic E-state index is 13.6. The number of nitrogens with zero attached hydrogens (tertiary/aromatic N) is 2. The van der Waals surface area contributed by atoms with E-state index in [1.807, 2.05) is 88.2 Å². The van der Waals surface area contributed by atoms with Gasteiger partial charge in [0.15, 0.2) is 0 Å². The molecule has 0 radical (unpaired) electrons. The Morgan fingerprint density at radius 2 is 1.71 bits per heavy atom. The summed E-state index contributed by atoms with van der Waals surface area (Å²) in [5.41, 5.74) is 2.77. The summed E-state index contributed by atoms with van der Waals surface area (Å²) in [5, 5.41) is 4.14. The minimum absolute atomic E-state index is 0.00259. The van der Waals surface area contributed by atoms with E-state index in [0.29, 0.717) is 19.5 Å². The number of fused-ring (bicyclic) bond motifs is 1. The minimum atomic E-state index is -0.389. The van der Waals surface area contributed by atoms with Crippen molar-refractivity contribution in [1.82, 2.24) is 20.1 Å². The van der Waals surface area contributed by atoms with Crippen molar-refractivity contribution >= 4 is 22.8 Å². The Labute approximate surface area is 208 Å². The fourth-order valence-corrected chi connectivity index (χ4v) is 4.05. The average molecular weight is 479 g/mol. The van der Waals surface area contributed by atoms with Crippen molar-refractivity contribution < 1.29 is 14.3 Å². The molecule has 2 N–H and O–H groups in total. The van der Waals surface area contributed by atoms with Crippen LogP contribution in [0.5, 0.6) is 5.75 Å². The molecule has 3 rings (SSSR count). The molecule has 0 unspecified atom stereocenters. The number of aromatic amines is 1. The van der Waals surface area contributed by atoms with Crippen molar-refractivity contribution in [1.29, 1.82) is 0 Å². The van der Waals surface area contributed by atoms with Crippen LogP contribution in [-0.4, -0.2) is 58.5 Å². The molecule has 1 aromatic heterocycles. The lowest BCUT2D eigenvalue weighted by Crippen LogP contribution is -2.53. The number of rotatable bonds is 9. The van der Waals surface area contributed by atoms with Crippen molar-refractivity contribution in [2.45, 2.75) is 59.2 Å². The van der Waals surface area contributed by atoms with Gasteiger partial charge in [-0.2, -0.15) is 0 Å². The first-order chi connectivity index (χ1) is 16.6. The number of para-hydroxylation sites is 2. The molecule has 0 aliphatic heterocycles. The molecule has 188 valence electrons. The van der Waals surface area contributed by atoms with Gasteiger partial charge in [0.1, 0.15) is 12.3 Å². The number of hydrogen-bond donors (Lipinski definition) is 2. The van der Waals surface area contributed by atoms with E-state index in [-0.39, 0.29) is 30.1 Å². The fourth-order valence-electron chi connectivity index (χ4n) is 4.05. The van der Waals surface area contributed by atoms with Gasteiger partial charge in [-0.05, 0) is 58.7 Å². The average Bonchev–Trinajstić information content (AvgIpc) is 3.22. The van der Waals surface area contributed by atoms with E-state index in [4.69, 9.17) is 4.74 Å². The Kier molecular flexibility index (Phi) is 8.43.